The summed E-state index contributed by atoms with van der Waals surface area (Å²) in [6.07, 6.45) is 1.19. The van der Waals surface area contributed by atoms with Gasteiger partial charge in [-0.1, -0.05) is 0 Å². The summed E-state index contributed by atoms with van der Waals surface area (Å²) in [5.74, 6) is 0.770. The van der Waals surface area contributed by atoms with E-state index in [9.17, 15) is 4.79 Å². The van der Waals surface area contributed by atoms with Crippen molar-refractivity contribution in [2.24, 2.45) is 5.92 Å². The van der Waals surface area contributed by atoms with Gasteiger partial charge in [-0.05, 0) is 39.8 Å². The van der Waals surface area contributed by atoms with Gasteiger partial charge in [0.1, 0.15) is 5.88 Å². The summed E-state index contributed by atoms with van der Waals surface area (Å²) in [7, 11) is 2.13. The Kier molecular flexibility index (Phi) is 4.87. The highest BCUT2D eigenvalue weighted by molar-refractivity contribution is 6.27. The molecule has 1 atom stereocenters. The van der Waals surface area contributed by atoms with Gasteiger partial charge < -0.3 is 9.80 Å². The van der Waals surface area contributed by atoms with E-state index < -0.39 is 0 Å². The lowest BCUT2D eigenvalue weighted by molar-refractivity contribution is -0.130. The molecular weight excluding hydrogens is 212 g/mol. The minimum absolute atomic E-state index is 0.0567. The van der Waals surface area contributed by atoms with Crippen LogP contribution in [-0.2, 0) is 4.79 Å². The lowest BCUT2D eigenvalue weighted by Gasteiger charge is -2.28. The number of halogens is 1. The van der Waals surface area contributed by atoms with E-state index in [4.69, 9.17) is 11.6 Å². The number of hydrogen-bond donors (Lipinski definition) is 0. The van der Waals surface area contributed by atoms with E-state index >= 15 is 0 Å². The van der Waals surface area contributed by atoms with Crippen LogP contribution in [0.5, 0.6) is 0 Å². The molecule has 0 aromatic heterocycles. The smallest absolute Gasteiger partial charge is 0.237 e. The summed E-state index contributed by atoms with van der Waals surface area (Å²) in [6, 6.07) is 0.252. The van der Waals surface area contributed by atoms with E-state index in [-0.39, 0.29) is 17.8 Å². The number of amides is 1. The van der Waals surface area contributed by atoms with Gasteiger partial charge in [0.05, 0.1) is 0 Å². The van der Waals surface area contributed by atoms with Gasteiger partial charge in [0.15, 0.2) is 0 Å². The van der Waals surface area contributed by atoms with Gasteiger partial charge in [-0.3, -0.25) is 4.79 Å². The number of carbonyl (C=O) groups is 1. The number of carbonyl (C=O) groups excluding carboxylic acids is 1. The number of nitrogens with zero attached hydrogens (tertiary/aromatic N) is 2. The summed E-state index contributed by atoms with van der Waals surface area (Å²) < 4.78 is 0. The molecule has 1 rings (SSSR count). The van der Waals surface area contributed by atoms with E-state index in [1.165, 1.54) is 6.42 Å². The van der Waals surface area contributed by atoms with Crippen LogP contribution in [0.2, 0.25) is 0 Å². The third-order valence-corrected chi connectivity index (χ3v) is 3.23. The Morgan fingerprint density at radius 3 is 2.67 bits per heavy atom. The van der Waals surface area contributed by atoms with Crippen molar-refractivity contribution in [1.29, 1.82) is 0 Å². The molecule has 0 radical (unpaired) electrons. The molecule has 1 unspecified atom stereocenters. The van der Waals surface area contributed by atoms with Gasteiger partial charge >= 0.3 is 0 Å². The molecule has 3 nitrogen and oxygen atoms in total. The van der Waals surface area contributed by atoms with Crippen LogP contribution in [0.4, 0.5) is 0 Å². The third-order valence-electron chi connectivity index (χ3n) is 3.00. The first-order valence-corrected chi connectivity index (χ1v) is 6.12. The van der Waals surface area contributed by atoms with Crippen molar-refractivity contribution in [3.05, 3.63) is 0 Å². The Hall–Kier alpha value is -0.280. The zero-order valence-electron chi connectivity index (χ0n) is 9.87. The van der Waals surface area contributed by atoms with Gasteiger partial charge in [-0.25, -0.2) is 0 Å². The zero-order valence-corrected chi connectivity index (χ0v) is 10.6. The first-order chi connectivity index (χ1) is 7.04. The van der Waals surface area contributed by atoms with Crippen molar-refractivity contribution < 1.29 is 4.79 Å². The average molecular weight is 233 g/mol. The molecule has 1 aliphatic heterocycles. The fourth-order valence-corrected chi connectivity index (χ4v) is 2.28. The molecule has 0 saturated carbocycles. The monoisotopic (exact) mass is 232 g/mol. The van der Waals surface area contributed by atoms with Crippen LogP contribution in [0.25, 0.3) is 0 Å². The second-order valence-electron chi connectivity index (χ2n) is 4.69. The average Bonchev–Trinajstić information content (AvgIpc) is 2.59. The summed E-state index contributed by atoms with van der Waals surface area (Å²) in [5.41, 5.74) is 0. The molecule has 1 fully saturated rings. The highest BCUT2D eigenvalue weighted by Gasteiger charge is 2.25. The summed E-state index contributed by atoms with van der Waals surface area (Å²) >= 11 is 5.60. The third kappa shape index (κ3) is 3.65. The Labute approximate surface area is 97.4 Å². The molecule has 0 aromatic carbocycles. The Morgan fingerprint density at radius 2 is 2.27 bits per heavy atom. The van der Waals surface area contributed by atoms with Gasteiger partial charge in [-0.15, -0.1) is 11.6 Å². The molecule has 0 aliphatic carbocycles. The lowest BCUT2D eigenvalue weighted by atomic mass is 10.1. The molecule has 1 aliphatic rings. The molecule has 0 N–H and O–H groups in total. The normalized spacial score (nSPS) is 22.3. The maximum Gasteiger partial charge on any atom is 0.237 e. The van der Waals surface area contributed by atoms with Crippen LogP contribution < -0.4 is 0 Å². The van der Waals surface area contributed by atoms with E-state index in [1.54, 1.807) is 0 Å². The SMILES string of the molecule is CC(C)N(CC1CCN(C)C1)C(=O)CCl. The Bertz CT molecular complexity index is 221. The maximum absolute atomic E-state index is 11.6. The lowest BCUT2D eigenvalue weighted by Crippen LogP contribution is -2.41. The van der Waals surface area contributed by atoms with Crippen molar-refractivity contribution in [2.75, 3.05) is 32.6 Å². The van der Waals surface area contributed by atoms with Crippen molar-refractivity contribution in [3.63, 3.8) is 0 Å². The first-order valence-electron chi connectivity index (χ1n) is 5.58. The van der Waals surface area contributed by atoms with Crippen LogP contribution in [0.1, 0.15) is 20.3 Å². The predicted octanol–water partition coefficient (Wildman–Crippen LogP) is 1.41. The van der Waals surface area contributed by atoms with E-state index in [1.807, 2.05) is 18.7 Å². The number of likely N-dealkylation sites (tertiary alicyclic amines) is 1. The highest BCUT2D eigenvalue weighted by atomic mass is 35.5. The molecule has 4 heteroatoms. The van der Waals surface area contributed by atoms with Crippen LogP contribution in [-0.4, -0.2) is 54.3 Å². The van der Waals surface area contributed by atoms with Crippen LogP contribution in [0, 0.1) is 5.92 Å². The van der Waals surface area contributed by atoms with Crippen molar-refractivity contribution in [3.8, 4) is 0 Å². The minimum Gasteiger partial charge on any atom is -0.339 e. The topological polar surface area (TPSA) is 23.6 Å². The molecule has 1 heterocycles. The predicted molar refractivity (Wildman–Crippen MR) is 63.2 cm³/mol. The summed E-state index contributed by atoms with van der Waals surface area (Å²) in [4.78, 5) is 15.8. The van der Waals surface area contributed by atoms with Crippen LogP contribution in [0.15, 0.2) is 0 Å². The molecule has 1 saturated heterocycles. The summed E-state index contributed by atoms with van der Waals surface area (Å²) in [5, 5.41) is 0. The minimum atomic E-state index is 0.0567. The molecular formula is C11H21ClN2O. The van der Waals surface area contributed by atoms with Crippen molar-refractivity contribution in [2.45, 2.75) is 26.3 Å². The molecule has 0 spiro atoms. The fraction of sp³-hybridized carbons (Fsp3) is 0.909. The van der Waals surface area contributed by atoms with Crippen molar-refractivity contribution >= 4 is 17.5 Å². The van der Waals surface area contributed by atoms with Gasteiger partial charge in [0.2, 0.25) is 5.91 Å². The molecule has 88 valence electrons. The Morgan fingerprint density at radius 1 is 1.60 bits per heavy atom. The molecule has 0 aromatic rings. The number of hydrogen-bond acceptors (Lipinski definition) is 2. The largest absolute Gasteiger partial charge is 0.339 e. The van der Waals surface area contributed by atoms with Gasteiger partial charge in [-0.2, -0.15) is 0 Å². The molecule has 15 heavy (non-hydrogen) atoms. The van der Waals surface area contributed by atoms with Crippen molar-refractivity contribution in [1.82, 2.24) is 9.80 Å². The molecule has 0 bridgehead atoms. The quantitative estimate of drug-likeness (QED) is 0.685. The molecule has 1 amide bonds. The van der Waals surface area contributed by atoms with E-state index in [0.29, 0.717) is 5.92 Å². The zero-order chi connectivity index (χ0) is 11.4. The second kappa shape index (κ2) is 5.71. The fourth-order valence-electron chi connectivity index (χ4n) is 2.13. The first kappa shape index (κ1) is 12.8. The maximum atomic E-state index is 11.6. The van der Waals surface area contributed by atoms with Gasteiger partial charge in [0, 0.05) is 19.1 Å². The standard InChI is InChI=1S/C11H21ClN2O/c1-9(2)14(11(15)6-12)8-10-4-5-13(3)7-10/h9-10H,4-8H2,1-3H3. The number of alkyl halides is 1. The van der Waals surface area contributed by atoms with E-state index in [0.717, 1.165) is 19.6 Å². The van der Waals surface area contributed by atoms with Gasteiger partial charge in [0.25, 0.3) is 0 Å². The highest BCUT2D eigenvalue weighted by Crippen LogP contribution is 2.17. The van der Waals surface area contributed by atoms with Crippen LogP contribution in [0.3, 0.4) is 0 Å². The Balaban J connectivity index is 2.48. The summed E-state index contributed by atoms with van der Waals surface area (Å²) in [6.45, 7) is 7.18. The van der Waals surface area contributed by atoms with E-state index in [2.05, 4.69) is 11.9 Å². The van der Waals surface area contributed by atoms with Crippen LogP contribution >= 0.6 is 11.6 Å². The number of rotatable bonds is 4. The second-order valence-corrected chi connectivity index (χ2v) is 4.96.